The summed E-state index contributed by atoms with van der Waals surface area (Å²) < 4.78 is 33.2. The number of hydrogen-bond acceptors (Lipinski definition) is 4. The summed E-state index contributed by atoms with van der Waals surface area (Å²) in [5.41, 5.74) is 6.66. The SMILES string of the molecule is Cc1cc(Br)c(NS(=O)(=O)c2cc(CN)oc2C)cc1Cl. The summed E-state index contributed by atoms with van der Waals surface area (Å²) in [6.07, 6.45) is 0. The van der Waals surface area contributed by atoms with Crippen molar-refractivity contribution in [3.05, 3.63) is 44.8 Å². The second kappa shape index (κ2) is 6.00. The normalized spacial score (nSPS) is 11.7. The molecule has 0 atom stereocenters. The van der Waals surface area contributed by atoms with Gasteiger partial charge in [-0.25, -0.2) is 8.42 Å². The highest BCUT2D eigenvalue weighted by atomic mass is 79.9. The first kappa shape index (κ1) is 16.4. The molecule has 0 fully saturated rings. The fourth-order valence-corrected chi connectivity index (χ4v) is 3.94. The number of nitrogens with two attached hydrogens (primary N) is 1. The summed E-state index contributed by atoms with van der Waals surface area (Å²) in [6, 6.07) is 4.72. The second-order valence-electron chi connectivity index (χ2n) is 4.52. The van der Waals surface area contributed by atoms with Gasteiger partial charge in [0.05, 0.1) is 12.2 Å². The molecule has 0 saturated carbocycles. The van der Waals surface area contributed by atoms with Crippen LogP contribution in [0.25, 0.3) is 0 Å². The number of rotatable bonds is 4. The molecule has 0 aliphatic rings. The van der Waals surface area contributed by atoms with E-state index in [0.717, 1.165) is 5.56 Å². The Kier molecular flexibility index (Phi) is 4.67. The number of benzene rings is 1. The van der Waals surface area contributed by atoms with E-state index < -0.39 is 10.0 Å². The van der Waals surface area contributed by atoms with Crippen molar-refractivity contribution in [1.29, 1.82) is 0 Å². The van der Waals surface area contributed by atoms with Gasteiger partial charge in [0.25, 0.3) is 10.0 Å². The molecule has 0 unspecified atom stereocenters. The van der Waals surface area contributed by atoms with Crippen LogP contribution < -0.4 is 10.5 Å². The Labute approximate surface area is 136 Å². The first-order valence-corrected chi connectivity index (χ1v) is 8.68. The highest BCUT2D eigenvalue weighted by Crippen LogP contribution is 2.31. The predicted octanol–water partition coefficient (Wildman–Crippen LogP) is 3.57. The van der Waals surface area contributed by atoms with E-state index >= 15 is 0 Å². The van der Waals surface area contributed by atoms with Crippen LogP contribution in [-0.2, 0) is 16.6 Å². The van der Waals surface area contributed by atoms with Crippen LogP contribution in [0.15, 0.2) is 32.0 Å². The van der Waals surface area contributed by atoms with Crippen molar-refractivity contribution in [3.63, 3.8) is 0 Å². The van der Waals surface area contributed by atoms with Crippen LogP contribution in [0.1, 0.15) is 17.1 Å². The average molecular weight is 394 g/mol. The molecule has 0 aliphatic carbocycles. The fourth-order valence-electron chi connectivity index (χ4n) is 1.82. The Morgan fingerprint density at radius 3 is 2.57 bits per heavy atom. The third kappa shape index (κ3) is 3.42. The molecule has 1 aromatic heterocycles. The average Bonchev–Trinajstić information content (AvgIpc) is 2.78. The molecule has 8 heteroatoms. The smallest absolute Gasteiger partial charge is 0.265 e. The standard InChI is InChI=1S/C13H14BrClN2O3S/c1-7-3-10(14)12(5-11(7)15)17-21(18,19)13-4-9(6-16)20-8(13)2/h3-5,17H,6,16H2,1-2H3. The van der Waals surface area contributed by atoms with E-state index in [1.54, 1.807) is 19.1 Å². The largest absolute Gasteiger partial charge is 0.464 e. The lowest BCUT2D eigenvalue weighted by molar-refractivity contribution is 0.479. The molecule has 114 valence electrons. The highest BCUT2D eigenvalue weighted by Gasteiger charge is 2.22. The summed E-state index contributed by atoms with van der Waals surface area (Å²) >= 11 is 9.34. The van der Waals surface area contributed by atoms with Crippen molar-refractivity contribution in [2.24, 2.45) is 5.73 Å². The molecule has 2 aromatic rings. The molecule has 0 aliphatic heterocycles. The minimum absolute atomic E-state index is 0.0616. The summed E-state index contributed by atoms with van der Waals surface area (Å²) in [6.45, 7) is 3.54. The lowest BCUT2D eigenvalue weighted by Gasteiger charge is -2.10. The Bertz CT molecular complexity index is 787. The van der Waals surface area contributed by atoms with Gasteiger partial charge in [0.15, 0.2) is 0 Å². The van der Waals surface area contributed by atoms with Crippen LogP contribution in [-0.4, -0.2) is 8.42 Å². The monoisotopic (exact) mass is 392 g/mol. The summed E-state index contributed by atoms with van der Waals surface area (Å²) in [5, 5.41) is 0.475. The Balaban J connectivity index is 2.42. The van der Waals surface area contributed by atoms with Crippen molar-refractivity contribution in [1.82, 2.24) is 0 Å². The predicted molar refractivity (Wildman–Crippen MR) is 86.0 cm³/mol. The van der Waals surface area contributed by atoms with Gasteiger partial charge >= 0.3 is 0 Å². The number of furan rings is 1. The lowest BCUT2D eigenvalue weighted by Crippen LogP contribution is -2.13. The molecule has 5 nitrogen and oxygen atoms in total. The lowest BCUT2D eigenvalue weighted by atomic mass is 10.2. The summed E-state index contributed by atoms with van der Waals surface area (Å²) in [7, 11) is -3.77. The van der Waals surface area contributed by atoms with E-state index in [1.807, 2.05) is 6.92 Å². The van der Waals surface area contributed by atoms with Gasteiger partial charge < -0.3 is 10.2 Å². The molecular formula is C13H14BrClN2O3S. The number of sulfonamides is 1. The maximum atomic E-state index is 12.4. The molecule has 0 amide bonds. The van der Waals surface area contributed by atoms with Crippen LogP contribution in [0.5, 0.6) is 0 Å². The summed E-state index contributed by atoms with van der Waals surface area (Å²) in [5.74, 6) is 0.700. The molecule has 0 bridgehead atoms. The number of hydrogen-bond donors (Lipinski definition) is 2. The quantitative estimate of drug-likeness (QED) is 0.831. The third-order valence-corrected chi connectivity index (χ3v) is 5.44. The van der Waals surface area contributed by atoms with Gasteiger partial charge in [-0.05, 0) is 47.5 Å². The molecular weight excluding hydrogens is 380 g/mol. The molecule has 21 heavy (non-hydrogen) atoms. The van der Waals surface area contributed by atoms with Gasteiger partial charge in [-0.1, -0.05) is 11.6 Å². The van der Waals surface area contributed by atoms with Gasteiger partial charge in [-0.15, -0.1) is 0 Å². The van der Waals surface area contributed by atoms with Crippen molar-refractivity contribution in [2.45, 2.75) is 25.3 Å². The van der Waals surface area contributed by atoms with Crippen molar-refractivity contribution in [2.75, 3.05) is 4.72 Å². The molecule has 1 aromatic carbocycles. The van der Waals surface area contributed by atoms with Crippen LogP contribution >= 0.6 is 27.5 Å². The van der Waals surface area contributed by atoms with Gasteiger partial charge in [0, 0.05) is 15.6 Å². The second-order valence-corrected chi connectivity index (χ2v) is 7.44. The van der Waals surface area contributed by atoms with Gasteiger partial charge in [-0.3, -0.25) is 4.72 Å². The van der Waals surface area contributed by atoms with E-state index in [2.05, 4.69) is 20.7 Å². The Morgan fingerprint density at radius 1 is 1.33 bits per heavy atom. The van der Waals surface area contributed by atoms with Crippen molar-refractivity contribution in [3.8, 4) is 0 Å². The maximum Gasteiger partial charge on any atom is 0.265 e. The molecule has 0 spiro atoms. The van der Waals surface area contributed by atoms with Crippen molar-refractivity contribution < 1.29 is 12.8 Å². The number of aryl methyl sites for hydroxylation is 2. The fraction of sp³-hybridized carbons (Fsp3) is 0.231. The number of anilines is 1. The zero-order valence-electron chi connectivity index (χ0n) is 11.4. The van der Waals surface area contributed by atoms with E-state index in [0.29, 0.717) is 20.9 Å². The van der Waals surface area contributed by atoms with Gasteiger partial charge in [0.1, 0.15) is 16.4 Å². The first-order chi connectivity index (χ1) is 9.74. The van der Waals surface area contributed by atoms with E-state index in [-0.39, 0.29) is 17.2 Å². The maximum absolute atomic E-state index is 12.4. The van der Waals surface area contributed by atoms with Gasteiger partial charge in [0.2, 0.25) is 0 Å². The minimum atomic E-state index is -3.77. The highest BCUT2D eigenvalue weighted by molar-refractivity contribution is 9.10. The topological polar surface area (TPSA) is 85.3 Å². The first-order valence-electron chi connectivity index (χ1n) is 6.02. The van der Waals surface area contributed by atoms with Crippen LogP contribution in [0.2, 0.25) is 5.02 Å². The van der Waals surface area contributed by atoms with E-state index in [1.165, 1.54) is 6.07 Å². The third-order valence-electron chi connectivity index (χ3n) is 2.91. The number of nitrogens with one attached hydrogen (secondary N) is 1. The zero-order chi connectivity index (χ0) is 15.8. The van der Waals surface area contributed by atoms with Crippen molar-refractivity contribution >= 4 is 43.2 Å². The van der Waals surface area contributed by atoms with E-state index in [9.17, 15) is 8.42 Å². The minimum Gasteiger partial charge on any atom is -0.464 e. The van der Waals surface area contributed by atoms with Gasteiger partial charge in [-0.2, -0.15) is 0 Å². The molecule has 0 radical (unpaired) electrons. The van der Waals surface area contributed by atoms with Crippen LogP contribution in [0, 0.1) is 13.8 Å². The Hall–Kier alpha value is -1.02. The Morgan fingerprint density at radius 2 is 2.00 bits per heavy atom. The summed E-state index contributed by atoms with van der Waals surface area (Å²) in [4.78, 5) is 0.0616. The molecule has 3 N–H and O–H groups in total. The molecule has 1 heterocycles. The molecule has 0 saturated heterocycles. The molecule has 2 rings (SSSR count). The zero-order valence-corrected chi connectivity index (χ0v) is 14.6. The van der Waals surface area contributed by atoms with Crippen LogP contribution in [0.4, 0.5) is 5.69 Å². The van der Waals surface area contributed by atoms with Crippen LogP contribution in [0.3, 0.4) is 0 Å². The number of halogens is 2. The van der Waals surface area contributed by atoms with E-state index in [4.69, 9.17) is 21.8 Å².